The minimum Gasteiger partial charge on any atom is -0.398 e. The summed E-state index contributed by atoms with van der Waals surface area (Å²) in [5, 5.41) is 2.00. The quantitative estimate of drug-likeness (QED) is 0.570. The minimum atomic E-state index is -0.789. The van der Waals surface area contributed by atoms with E-state index in [0.717, 1.165) is 16.1 Å². The van der Waals surface area contributed by atoms with Crippen LogP contribution in [0.15, 0.2) is 35.4 Å². The van der Waals surface area contributed by atoms with E-state index in [1.807, 2.05) is 29.7 Å². The average molecular weight is 227 g/mol. The van der Waals surface area contributed by atoms with Gasteiger partial charge in [0, 0.05) is 22.6 Å². The van der Waals surface area contributed by atoms with Gasteiger partial charge in [-0.15, -0.1) is 11.3 Å². The molecule has 2 rings (SSSR count). The number of allylic oxidation sites excluding steroid dienone is 1. The zero-order valence-corrected chi connectivity index (χ0v) is 9.11. The normalized spacial score (nSPS) is 27.0. The maximum Gasteiger partial charge on any atom is 0.114 e. The molecule has 0 aromatic carbocycles. The fourth-order valence-corrected chi connectivity index (χ4v) is 2.35. The third-order valence-electron chi connectivity index (χ3n) is 2.12. The van der Waals surface area contributed by atoms with E-state index >= 15 is 0 Å². The highest BCUT2D eigenvalue weighted by Gasteiger charge is 2.24. The zero-order chi connectivity index (χ0) is 10.2. The Balaban J connectivity index is 2.42. The van der Waals surface area contributed by atoms with Gasteiger partial charge >= 0.3 is 0 Å². The lowest BCUT2D eigenvalue weighted by Gasteiger charge is -2.23. The van der Waals surface area contributed by atoms with Gasteiger partial charge in [-0.05, 0) is 17.5 Å². The number of halogens is 1. The molecule has 1 aliphatic carbocycles. The molecule has 0 saturated carbocycles. The highest BCUT2D eigenvalue weighted by molar-refractivity contribution is 7.11. The Kier molecular flexibility index (Phi) is 2.39. The van der Waals surface area contributed by atoms with E-state index in [4.69, 9.17) is 23.1 Å². The molecular weight excluding hydrogens is 216 g/mol. The Labute approximate surface area is 91.9 Å². The second-order valence-electron chi connectivity index (χ2n) is 3.33. The third-order valence-corrected chi connectivity index (χ3v) is 3.28. The van der Waals surface area contributed by atoms with Gasteiger partial charge < -0.3 is 11.5 Å². The molecule has 74 valence electrons. The molecular formula is C10H11ClN2S. The maximum atomic E-state index is 6.05. The first-order chi connectivity index (χ1) is 6.58. The molecule has 2 nitrogen and oxygen atoms in total. The lowest BCUT2D eigenvalue weighted by atomic mass is 9.99. The summed E-state index contributed by atoms with van der Waals surface area (Å²) < 4.78 is 0. The summed E-state index contributed by atoms with van der Waals surface area (Å²) in [6.07, 6.45) is 4.28. The van der Waals surface area contributed by atoms with E-state index in [-0.39, 0.29) is 0 Å². The van der Waals surface area contributed by atoms with Crippen molar-refractivity contribution in [2.75, 3.05) is 0 Å². The number of thiophene rings is 1. The van der Waals surface area contributed by atoms with Crippen LogP contribution < -0.4 is 11.5 Å². The molecule has 0 bridgehead atoms. The second kappa shape index (κ2) is 3.42. The number of hydrogen-bond donors (Lipinski definition) is 2. The van der Waals surface area contributed by atoms with Crippen LogP contribution in [0.5, 0.6) is 0 Å². The first-order valence-corrected chi connectivity index (χ1v) is 5.55. The summed E-state index contributed by atoms with van der Waals surface area (Å²) in [6, 6.07) is 3.99. The van der Waals surface area contributed by atoms with Gasteiger partial charge in [0.25, 0.3) is 0 Å². The fraction of sp³-hybridized carbons (Fsp3) is 0.200. The van der Waals surface area contributed by atoms with Crippen LogP contribution in [-0.2, 0) is 0 Å². The van der Waals surface area contributed by atoms with Crippen LogP contribution >= 0.6 is 22.9 Å². The molecule has 1 aromatic heterocycles. The fourth-order valence-electron chi connectivity index (χ4n) is 1.40. The van der Waals surface area contributed by atoms with Crippen LogP contribution in [0, 0.1) is 0 Å². The van der Waals surface area contributed by atoms with E-state index in [1.165, 1.54) is 0 Å². The lowest BCUT2D eigenvalue weighted by Crippen LogP contribution is -2.32. The molecule has 14 heavy (non-hydrogen) atoms. The van der Waals surface area contributed by atoms with Crippen molar-refractivity contribution in [1.29, 1.82) is 0 Å². The third kappa shape index (κ3) is 1.85. The molecule has 0 aliphatic heterocycles. The van der Waals surface area contributed by atoms with Gasteiger partial charge in [-0.2, -0.15) is 0 Å². The maximum absolute atomic E-state index is 6.05. The number of rotatable bonds is 1. The van der Waals surface area contributed by atoms with Gasteiger partial charge in [-0.3, -0.25) is 0 Å². The standard InChI is InChI=1S/C10H11ClN2S/c11-10(13)4-3-8(12)7(6-10)9-2-1-5-14-9/h1-3,5-6H,4,12-13H2. The van der Waals surface area contributed by atoms with Crippen molar-refractivity contribution in [1.82, 2.24) is 0 Å². The van der Waals surface area contributed by atoms with Crippen molar-refractivity contribution in [2.45, 2.75) is 11.4 Å². The Hall–Kier alpha value is -0.770. The Morgan fingerprint density at radius 3 is 2.93 bits per heavy atom. The highest BCUT2D eigenvalue weighted by atomic mass is 35.5. The molecule has 1 atom stereocenters. The van der Waals surface area contributed by atoms with Crippen molar-refractivity contribution >= 4 is 28.5 Å². The van der Waals surface area contributed by atoms with Crippen molar-refractivity contribution in [2.24, 2.45) is 11.5 Å². The Morgan fingerprint density at radius 1 is 1.50 bits per heavy atom. The molecule has 4 N–H and O–H groups in total. The van der Waals surface area contributed by atoms with Crippen molar-refractivity contribution < 1.29 is 0 Å². The topological polar surface area (TPSA) is 52.0 Å². The van der Waals surface area contributed by atoms with Crippen LogP contribution in [-0.4, -0.2) is 5.00 Å². The molecule has 1 unspecified atom stereocenters. The first kappa shape index (κ1) is 9.77. The minimum absolute atomic E-state index is 0.579. The predicted molar refractivity (Wildman–Crippen MR) is 62.0 cm³/mol. The second-order valence-corrected chi connectivity index (χ2v) is 4.98. The van der Waals surface area contributed by atoms with E-state index < -0.39 is 5.00 Å². The van der Waals surface area contributed by atoms with Crippen LogP contribution in [0.1, 0.15) is 11.3 Å². The van der Waals surface area contributed by atoms with Gasteiger partial charge in [0.15, 0.2) is 0 Å². The van der Waals surface area contributed by atoms with Crippen LogP contribution in [0.25, 0.3) is 5.57 Å². The van der Waals surface area contributed by atoms with E-state index in [2.05, 4.69) is 0 Å². The lowest BCUT2D eigenvalue weighted by molar-refractivity contribution is 0.740. The van der Waals surface area contributed by atoms with E-state index in [1.54, 1.807) is 11.3 Å². The van der Waals surface area contributed by atoms with Gasteiger partial charge in [0.05, 0.1) is 0 Å². The monoisotopic (exact) mass is 226 g/mol. The summed E-state index contributed by atoms with van der Waals surface area (Å²) >= 11 is 7.69. The first-order valence-electron chi connectivity index (χ1n) is 4.29. The van der Waals surface area contributed by atoms with E-state index in [0.29, 0.717) is 6.42 Å². The van der Waals surface area contributed by atoms with Crippen molar-refractivity contribution in [3.8, 4) is 0 Å². The van der Waals surface area contributed by atoms with Crippen LogP contribution in [0.3, 0.4) is 0 Å². The van der Waals surface area contributed by atoms with Gasteiger partial charge in [0.2, 0.25) is 0 Å². The number of alkyl halides is 1. The van der Waals surface area contributed by atoms with Crippen LogP contribution in [0.2, 0.25) is 0 Å². The summed E-state index contributed by atoms with van der Waals surface area (Å²) in [7, 11) is 0. The van der Waals surface area contributed by atoms with Crippen LogP contribution in [0.4, 0.5) is 0 Å². The molecule has 1 aromatic rings. The largest absolute Gasteiger partial charge is 0.398 e. The Bertz CT molecular complexity index is 390. The molecule has 0 saturated heterocycles. The zero-order valence-electron chi connectivity index (χ0n) is 7.53. The number of nitrogens with two attached hydrogens (primary N) is 2. The molecule has 0 fully saturated rings. The molecule has 0 amide bonds. The van der Waals surface area contributed by atoms with Gasteiger partial charge in [-0.25, -0.2) is 0 Å². The average Bonchev–Trinajstić information content (AvgIpc) is 2.62. The predicted octanol–water partition coefficient (Wildman–Crippen LogP) is 2.27. The van der Waals surface area contributed by atoms with E-state index in [9.17, 15) is 0 Å². The molecule has 1 aliphatic rings. The molecule has 1 heterocycles. The summed E-state index contributed by atoms with van der Waals surface area (Å²) in [6.45, 7) is 0. The molecule has 0 radical (unpaired) electrons. The summed E-state index contributed by atoms with van der Waals surface area (Å²) in [5.74, 6) is 0. The SMILES string of the molecule is NC1=CCC(N)(Cl)C=C1c1cccs1. The van der Waals surface area contributed by atoms with Crippen molar-refractivity contribution in [3.63, 3.8) is 0 Å². The summed E-state index contributed by atoms with van der Waals surface area (Å²) in [5.41, 5.74) is 13.4. The smallest absolute Gasteiger partial charge is 0.114 e. The molecule has 0 spiro atoms. The summed E-state index contributed by atoms with van der Waals surface area (Å²) in [4.78, 5) is 0.316. The molecule has 4 heteroatoms. The Morgan fingerprint density at radius 2 is 2.29 bits per heavy atom. The highest BCUT2D eigenvalue weighted by Crippen LogP contribution is 2.33. The van der Waals surface area contributed by atoms with Gasteiger partial charge in [0.1, 0.15) is 5.00 Å². The van der Waals surface area contributed by atoms with Crippen molar-refractivity contribution in [3.05, 3.63) is 40.2 Å². The van der Waals surface area contributed by atoms with Gasteiger partial charge in [-0.1, -0.05) is 23.7 Å². The number of hydrogen-bond acceptors (Lipinski definition) is 3.